The maximum absolute atomic E-state index is 12.6. The van der Waals surface area contributed by atoms with Gasteiger partial charge in [-0.05, 0) is 84.8 Å². The van der Waals surface area contributed by atoms with E-state index in [1.54, 1.807) is 14.2 Å². The second-order valence-corrected chi connectivity index (χ2v) is 8.53. The standard InChI is InChI=1S/C27H32FNO2/c1-19-6-4-8-23-22(19)7-5-9-24(23)27-25(30-2)17-21(18-26(27)31-3)16-20-10-13-29(14-11-20)15-12-28/h4-9,17-18,20H,10-16H2,1-3H3. The van der Waals surface area contributed by atoms with Crippen LogP contribution in [0.5, 0.6) is 11.5 Å². The van der Waals surface area contributed by atoms with Crippen LogP contribution in [0.4, 0.5) is 4.39 Å². The highest BCUT2D eigenvalue weighted by Gasteiger charge is 2.22. The zero-order valence-corrected chi connectivity index (χ0v) is 18.8. The summed E-state index contributed by atoms with van der Waals surface area (Å²) in [6.07, 6.45) is 3.20. The number of benzene rings is 3. The van der Waals surface area contributed by atoms with Crippen LogP contribution in [-0.4, -0.2) is 45.4 Å². The predicted octanol–water partition coefficient (Wildman–Crippen LogP) is 6.06. The van der Waals surface area contributed by atoms with Gasteiger partial charge >= 0.3 is 0 Å². The Balaban J connectivity index is 1.68. The lowest BCUT2D eigenvalue weighted by atomic mass is 9.88. The summed E-state index contributed by atoms with van der Waals surface area (Å²) in [6, 6.07) is 17.1. The first-order valence-electron chi connectivity index (χ1n) is 11.2. The van der Waals surface area contributed by atoms with Gasteiger partial charge in [0.15, 0.2) is 0 Å². The van der Waals surface area contributed by atoms with Gasteiger partial charge in [-0.3, -0.25) is 0 Å². The number of rotatable bonds is 7. The van der Waals surface area contributed by atoms with E-state index in [0.717, 1.165) is 55.0 Å². The van der Waals surface area contributed by atoms with E-state index in [0.29, 0.717) is 12.5 Å². The van der Waals surface area contributed by atoms with Crippen LogP contribution in [0.15, 0.2) is 48.5 Å². The molecule has 3 aromatic rings. The Kier molecular flexibility index (Phi) is 6.77. The third kappa shape index (κ3) is 4.54. The number of methoxy groups -OCH3 is 2. The predicted molar refractivity (Wildman–Crippen MR) is 126 cm³/mol. The monoisotopic (exact) mass is 421 g/mol. The Labute approximate surface area is 184 Å². The lowest BCUT2D eigenvalue weighted by Gasteiger charge is -2.31. The molecule has 0 N–H and O–H groups in total. The van der Waals surface area contributed by atoms with E-state index in [1.165, 1.54) is 21.9 Å². The second kappa shape index (κ2) is 9.69. The fourth-order valence-corrected chi connectivity index (χ4v) is 4.90. The number of ether oxygens (including phenoxy) is 2. The molecule has 1 aliphatic heterocycles. The number of likely N-dealkylation sites (tertiary alicyclic amines) is 1. The van der Waals surface area contributed by atoms with Gasteiger partial charge in [0.1, 0.15) is 18.2 Å². The minimum Gasteiger partial charge on any atom is -0.496 e. The molecule has 0 saturated carbocycles. The summed E-state index contributed by atoms with van der Waals surface area (Å²) in [5.41, 5.74) is 4.62. The molecule has 0 unspecified atom stereocenters. The van der Waals surface area contributed by atoms with Crippen LogP contribution >= 0.6 is 0 Å². The van der Waals surface area contributed by atoms with Crippen molar-refractivity contribution < 1.29 is 13.9 Å². The number of aryl methyl sites for hydroxylation is 1. The Bertz CT molecular complexity index is 1020. The molecular weight excluding hydrogens is 389 g/mol. The summed E-state index contributed by atoms with van der Waals surface area (Å²) in [4.78, 5) is 2.23. The first-order valence-corrected chi connectivity index (χ1v) is 11.2. The molecule has 4 heteroatoms. The number of nitrogens with zero attached hydrogens (tertiary/aromatic N) is 1. The fourth-order valence-electron chi connectivity index (χ4n) is 4.90. The minimum absolute atomic E-state index is 0.256. The van der Waals surface area contributed by atoms with E-state index in [1.807, 2.05) is 0 Å². The van der Waals surface area contributed by atoms with Crippen LogP contribution in [0, 0.1) is 12.8 Å². The average Bonchev–Trinajstić information content (AvgIpc) is 2.80. The molecule has 3 aromatic carbocycles. The Morgan fingerprint density at radius 3 is 2.23 bits per heavy atom. The van der Waals surface area contributed by atoms with Gasteiger partial charge < -0.3 is 14.4 Å². The quantitative estimate of drug-likeness (QED) is 0.463. The van der Waals surface area contributed by atoms with Crippen molar-refractivity contribution in [2.75, 3.05) is 40.5 Å². The number of hydrogen-bond acceptors (Lipinski definition) is 3. The largest absolute Gasteiger partial charge is 0.496 e. The Morgan fingerprint density at radius 1 is 0.935 bits per heavy atom. The number of fused-ring (bicyclic) bond motifs is 1. The lowest BCUT2D eigenvalue weighted by Crippen LogP contribution is -2.35. The zero-order chi connectivity index (χ0) is 21.8. The molecule has 0 amide bonds. The number of piperidine rings is 1. The average molecular weight is 422 g/mol. The number of hydrogen-bond donors (Lipinski definition) is 0. The van der Waals surface area contributed by atoms with Crippen molar-refractivity contribution in [3.63, 3.8) is 0 Å². The molecule has 0 bridgehead atoms. The molecular formula is C27H32FNO2. The van der Waals surface area contributed by atoms with Crippen LogP contribution < -0.4 is 9.47 Å². The Morgan fingerprint density at radius 2 is 1.58 bits per heavy atom. The van der Waals surface area contributed by atoms with E-state index < -0.39 is 0 Å². The summed E-state index contributed by atoms with van der Waals surface area (Å²) in [5.74, 6) is 2.30. The van der Waals surface area contributed by atoms with Gasteiger partial charge in [-0.15, -0.1) is 0 Å². The third-order valence-electron chi connectivity index (χ3n) is 6.61. The molecule has 1 fully saturated rings. The number of halogens is 1. The summed E-state index contributed by atoms with van der Waals surface area (Å²) in [6.45, 7) is 4.41. The molecule has 4 rings (SSSR count). The van der Waals surface area contributed by atoms with Crippen LogP contribution in [0.2, 0.25) is 0 Å². The second-order valence-electron chi connectivity index (χ2n) is 8.53. The van der Waals surface area contributed by atoms with Crippen LogP contribution in [-0.2, 0) is 6.42 Å². The van der Waals surface area contributed by atoms with Gasteiger partial charge in [0, 0.05) is 6.54 Å². The molecule has 31 heavy (non-hydrogen) atoms. The van der Waals surface area contributed by atoms with E-state index in [-0.39, 0.29) is 6.67 Å². The van der Waals surface area contributed by atoms with Crippen LogP contribution in [0.1, 0.15) is 24.0 Å². The van der Waals surface area contributed by atoms with Gasteiger partial charge in [0.25, 0.3) is 0 Å². The smallest absolute Gasteiger partial charge is 0.130 e. The molecule has 164 valence electrons. The molecule has 1 saturated heterocycles. The highest BCUT2D eigenvalue weighted by Crippen LogP contribution is 2.43. The lowest BCUT2D eigenvalue weighted by molar-refractivity contribution is 0.172. The molecule has 0 spiro atoms. The topological polar surface area (TPSA) is 21.7 Å². The molecule has 0 atom stereocenters. The number of alkyl halides is 1. The van der Waals surface area contributed by atoms with Crippen molar-refractivity contribution in [2.24, 2.45) is 5.92 Å². The highest BCUT2D eigenvalue weighted by atomic mass is 19.1. The SMILES string of the molecule is COc1cc(CC2CCN(CCF)CC2)cc(OC)c1-c1cccc2c(C)cccc12. The van der Waals surface area contributed by atoms with Gasteiger partial charge in [0.2, 0.25) is 0 Å². The molecule has 3 nitrogen and oxygen atoms in total. The summed E-state index contributed by atoms with van der Waals surface area (Å²) >= 11 is 0. The minimum atomic E-state index is -0.256. The third-order valence-corrected chi connectivity index (χ3v) is 6.61. The Hall–Kier alpha value is -2.59. The molecule has 1 aliphatic rings. The first kappa shape index (κ1) is 21.6. The van der Waals surface area contributed by atoms with E-state index in [4.69, 9.17) is 9.47 Å². The van der Waals surface area contributed by atoms with Crippen molar-refractivity contribution in [2.45, 2.75) is 26.2 Å². The van der Waals surface area contributed by atoms with Crippen LogP contribution in [0.3, 0.4) is 0 Å². The summed E-state index contributed by atoms with van der Waals surface area (Å²) in [5, 5.41) is 2.44. The fraction of sp³-hybridized carbons (Fsp3) is 0.407. The van der Waals surface area contributed by atoms with Crippen molar-refractivity contribution >= 4 is 10.8 Å². The first-order chi connectivity index (χ1) is 15.1. The summed E-state index contributed by atoms with van der Waals surface area (Å²) < 4.78 is 24.4. The van der Waals surface area contributed by atoms with Crippen LogP contribution in [0.25, 0.3) is 21.9 Å². The van der Waals surface area contributed by atoms with Crippen molar-refractivity contribution in [1.82, 2.24) is 4.90 Å². The normalized spacial score (nSPS) is 15.4. The molecule has 0 aromatic heterocycles. The van der Waals surface area contributed by atoms with E-state index in [2.05, 4.69) is 60.4 Å². The van der Waals surface area contributed by atoms with Crippen molar-refractivity contribution in [3.05, 3.63) is 59.7 Å². The zero-order valence-electron chi connectivity index (χ0n) is 18.8. The highest BCUT2D eigenvalue weighted by molar-refractivity contribution is 6.01. The maximum atomic E-state index is 12.6. The van der Waals surface area contributed by atoms with Gasteiger partial charge in [-0.2, -0.15) is 0 Å². The van der Waals surface area contributed by atoms with E-state index in [9.17, 15) is 4.39 Å². The van der Waals surface area contributed by atoms with Crippen molar-refractivity contribution in [1.29, 1.82) is 0 Å². The molecule has 0 aliphatic carbocycles. The summed E-state index contributed by atoms with van der Waals surface area (Å²) in [7, 11) is 3.46. The maximum Gasteiger partial charge on any atom is 0.130 e. The molecule has 0 radical (unpaired) electrons. The van der Waals surface area contributed by atoms with E-state index >= 15 is 0 Å². The van der Waals surface area contributed by atoms with Gasteiger partial charge in [-0.1, -0.05) is 36.4 Å². The van der Waals surface area contributed by atoms with Gasteiger partial charge in [0.05, 0.1) is 19.8 Å². The molecule has 1 heterocycles. The van der Waals surface area contributed by atoms with Crippen molar-refractivity contribution in [3.8, 4) is 22.6 Å². The van der Waals surface area contributed by atoms with Gasteiger partial charge in [-0.25, -0.2) is 4.39 Å².